The van der Waals surface area contributed by atoms with Crippen LogP contribution in [0.5, 0.6) is 0 Å². The minimum Gasteiger partial charge on any atom is -0.290 e. The van der Waals surface area contributed by atoms with E-state index >= 15 is 0 Å². The zero-order chi connectivity index (χ0) is 11.0. The Bertz CT molecular complexity index is 542. The summed E-state index contributed by atoms with van der Waals surface area (Å²) in [6.45, 7) is 6.23. The lowest BCUT2D eigenvalue weighted by Gasteiger charge is -2.00. The van der Waals surface area contributed by atoms with Crippen LogP contribution < -0.4 is 0 Å². The molecule has 0 amide bonds. The van der Waals surface area contributed by atoms with Crippen molar-refractivity contribution in [3.05, 3.63) is 22.0 Å². The second-order valence-electron chi connectivity index (χ2n) is 3.56. The van der Waals surface area contributed by atoms with Crippen LogP contribution in [0.15, 0.2) is 0 Å². The number of imidazole rings is 1. The third kappa shape index (κ3) is 1.44. The SMILES string of the molecule is CCc1c(C)sc2nc(C)c(CC#N)n12. The Hall–Kier alpha value is -1.34. The topological polar surface area (TPSA) is 41.1 Å². The molecule has 0 radical (unpaired) electrons. The summed E-state index contributed by atoms with van der Waals surface area (Å²) in [7, 11) is 0. The number of hydrogen-bond donors (Lipinski definition) is 0. The Morgan fingerprint density at radius 1 is 1.40 bits per heavy atom. The number of fused-ring (bicyclic) bond motifs is 1. The quantitative estimate of drug-likeness (QED) is 0.779. The van der Waals surface area contributed by atoms with Gasteiger partial charge in [0.1, 0.15) is 0 Å². The third-order valence-electron chi connectivity index (χ3n) is 2.64. The van der Waals surface area contributed by atoms with E-state index in [2.05, 4.69) is 29.3 Å². The van der Waals surface area contributed by atoms with Crippen LogP contribution in [-0.2, 0) is 12.8 Å². The molecule has 0 aliphatic heterocycles. The molecular weight excluding hydrogens is 206 g/mol. The molecular formula is C11H13N3S. The van der Waals surface area contributed by atoms with Crippen molar-refractivity contribution >= 4 is 16.3 Å². The van der Waals surface area contributed by atoms with E-state index in [-0.39, 0.29) is 0 Å². The van der Waals surface area contributed by atoms with Crippen LogP contribution in [-0.4, -0.2) is 9.38 Å². The van der Waals surface area contributed by atoms with Crippen LogP contribution in [0, 0.1) is 25.2 Å². The molecule has 0 saturated carbocycles. The Morgan fingerprint density at radius 3 is 2.73 bits per heavy atom. The summed E-state index contributed by atoms with van der Waals surface area (Å²) in [4.78, 5) is 6.82. The summed E-state index contributed by atoms with van der Waals surface area (Å²) in [5.41, 5.74) is 3.33. The van der Waals surface area contributed by atoms with Crippen molar-refractivity contribution in [2.24, 2.45) is 0 Å². The van der Waals surface area contributed by atoms with Crippen molar-refractivity contribution in [1.29, 1.82) is 5.26 Å². The number of thiazole rings is 1. The zero-order valence-corrected chi connectivity index (χ0v) is 9.98. The number of aryl methyl sites for hydroxylation is 3. The highest BCUT2D eigenvalue weighted by molar-refractivity contribution is 7.17. The van der Waals surface area contributed by atoms with Crippen molar-refractivity contribution in [1.82, 2.24) is 9.38 Å². The minimum absolute atomic E-state index is 0.441. The third-order valence-corrected chi connectivity index (χ3v) is 3.64. The summed E-state index contributed by atoms with van der Waals surface area (Å²) < 4.78 is 2.15. The number of nitriles is 1. The van der Waals surface area contributed by atoms with E-state index < -0.39 is 0 Å². The highest BCUT2D eigenvalue weighted by Crippen LogP contribution is 2.26. The Morgan fingerprint density at radius 2 is 2.13 bits per heavy atom. The van der Waals surface area contributed by atoms with Crippen LogP contribution in [0.2, 0.25) is 0 Å². The molecule has 0 unspecified atom stereocenters. The molecule has 2 rings (SSSR count). The van der Waals surface area contributed by atoms with Crippen molar-refractivity contribution in [3.8, 4) is 6.07 Å². The van der Waals surface area contributed by atoms with Gasteiger partial charge in [-0.2, -0.15) is 5.26 Å². The highest BCUT2D eigenvalue weighted by atomic mass is 32.1. The van der Waals surface area contributed by atoms with Gasteiger partial charge in [-0.1, -0.05) is 6.92 Å². The predicted molar refractivity (Wildman–Crippen MR) is 61.2 cm³/mol. The van der Waals surface area contributed by atoms with Crippen molar-refractivity contribution in [2.75, 3.05) is 0 Å². The van der Waals surface area contributed by atoms with Gasteiger partial charge >= 0.3 is 0 Å². The summed E-state index contributed by atoms with van der Waals surface area (Å²) in [6.07, 6.45) is 1.43. The monoisotopic (exact) mass is 219 g/mol. The van der Waals surface area contributed by atoms with Crippen molar-refractivity contribution in [3.63, 3.8) is 0 Å². The molecule has 2 heterocycles. The lowest BCUT2D eigenvalue weighted by Crippen LogP contribution is -1.97. The molecule has 0 aliphatic carbocycles. The molecule has 0 aromatic carbocycles. The summed E-state index contributed by atoms with van der Waals surface area (Å²) in [5.74, 6) is 0. The lowest BCUT2D eigenvalue weighted by molar-refractivity contribution is 0.934. The van der Waals surface area contributed by atoms with Crippen LogP contribution in [0.3, 0.4) is 0 Å². The first-order valence-corrected chi connectivity index (χ1v) is 5.83. The number of hydrogen-bond acceptors (Lipinski definition) is 3. The highest BCUT2D eigenvalue weighted by Gasteiger charge is 2.15. The molecule has 4 heteroatoms. The van der Waals surface area contributed by atoms with E-state index in [1.165, 1.54) is 10.6 Å². The zero-order valence-electron chi connectivity index (χ0n) is 9.16. The molecule has 0 spiro atoms. The largest absolute Gasteiger partial charge is 0.290 e. The first-order valence-electron chi connectivity index (χ1n) is 5.02. The van der Waals surface area contributed by atoms with Gasteiger partial charge in [-0.15, -0.1) is 11.3 Å². The Labute approximate surface area is 93.0 Å². The van der Waals surface area contributed by atoms with E-state index in [9.17, 15) is 0 Å². The molecule has 0 atom stereocenters. The average molecular weight is 219 g/mol. The van der Waals surface area contributed by atoms with Gasteiger partial charge < -0.3 is 0 Å². The Kier molecular flexibility index (Phi) is 2.49. The summed E-state index contributed by atoms with van der Waals surface area (Å²) in [6, 6.07) is 2.21. The number of rotatable bonds is 2. The molecule has 2 aromatic rings. The maximum atomic E-state index is 8.80. The second kappa shape index (κ2) is 3.67. The fraction of sp³-hybridized carbons (Fsp3) is 0.455. The maximum absolute atomic E-state index is 8.80. The molecule has 2 aromatic heterocycles. The van der Waals surface area contributed by atoms with Gasteiger partial charge in [-0.3, -0.25) is 4.40 Å². The first-order chi connectivity index (χ1) is 7.19. The molecule has 0 fully saturated rings. The Balaban J connectivity index is 2.77. The molecule has 15 heavy (non-hydrogen) atoms. The summed E-state index contributed by atoms with van der Waals surface area (Å²) in [5, 5.41) is 8.80. The van der Waals surface area contributed by atoms with Gasteiger partial charge in [0, 0.05) is 10.6 Å². The smallest absolute Gasteiger partial charge is 0.194 e. The van der Waals surface area contributed by atoms with E-state index in [4.69, 9.17) is 5.26 Å². The van der Waals surface area contributed by atoms with Gasteiger partial charge in [0.15, 0.2) is 4.96 Å². The molecule has 0 bridgehead atoms. The van der Waals surface area contributed by atoms with Crippen LogP contribution in [0.4, 0.5) is 0 Å². The van der Waals surface area contributed by atoms with E-state index in [1.54, 1.807) is 11.3 Å². The van der Waals surface area contributed by atoms with Gasteiger partial charge in [0.05, 0.1) is 23.9 Å². The molecule has 78 valence electrons. The molecule has 3 nitrogen and oxygen atoms in total. The minimum atomic E-state index is 0.441. The van der Waals surface area contributed by atoms with Crippen LogP contribution in [0.25, 0.3) is 4.96 Å². The summed E-state index contributed by atoms with van der Waals surface area (Å²) >= 11 is 1.71. The van der Waals surface area contributed by atoms with Gasteiger partial charge in [-0.25, -0.2) is 4.98 Å². The van der Waals surface area contributed by atoms with Crippen molar-refractivity contribution < 1.29 is 0 Å². The van der Waals surface area contributed by atoms with Crippen LogP contribution in [0.1, 0.15) is 28.9 Å². The first kappa shape index (κ1) is 10.2. The molecule has 0 N–H and O–H groups in total. The van der Waals surface area contributed by atoms with Gasteiger partial charge in [-0.05, 0) is 20.3 Å². The molecule has 0 saturated heterocycles. The second-order valence-corrected chi connectivity index (χ2v) is 4.74. The number of aromatic nitrogens is 2. The average Bonchev–Trinajstić information content (AvgIpc) is 2.63. The standard InChI is InChI=1S/C11H13N3S/c1-4-9-8(3)15-11-13-7(2)10(5-6-12)14(9)11/h4-5H2,1-3H3. The predicted octanol–water partition coefficient (Wildman–Crippen LogP) is 2.64. The normalized spacial score (nSPS) is 10.8. The van der Waals surface area contributed by atoms with Gasteiger partial charge in [0.25, 0.3) is 0 Å². The van der Waals surface area contributed by atoms with Gasteiger partial charge in [0.2, 0.25) is 0 Å². The van der Waals surface area contributed by atoms with E-state index in [1.807, 2.05) is 6.92 Å². The van der Waals surface area contributed by atoms with Crippen molar-refractivity contribution in [2.45, 2.75) is 33.6 Å². The lowest BCUT2D eigenvalue weighted by atomic mass is 10.2. The maximum Gasteiger partial charge on any atom is 0.194 e. The van der Waals surface area contributed by atoms with E-state index in [0.717, 1.165) is 22.8 Å². The number of nitrogens with zero attached hydrogens (tertiary/aromatic N) is 3. The van der Waals surface area contributed by atoms with Crippen LogP contribution >= 0.6 is 11.3 Å². The molecule has 0 aliphatic rings. The fourth-order valence-corrected chi connectivity index (χ4v) is 3.05. The fourth-order valence-electron chi connectivity index (χ4n) is 1.92. The van der Waals surface area contributed by atoms with E-state index in [0.29, 0.717) is 6.42 Å².